The normalized spacial score (nSPS) is 24.9. The van der Waals surface area contributed by atoms with Crippen molar-refractivity contribution in [3.05, 3.63) is 42.0 Å². The van der Waals surface area contributed by atoms with Crippen LogP contribution >= 0.6 is 0 Å². The van der Waals surface area contributed by atoms with Gasteiger partial charge in [-0.1, -0.05) is 64.2 Å². The highest BCUT2D eigenvalue weighted by Gasteiger charge is 2.31. The van der Waals surface area contributed by atoms with Crippen LogP contribution < -0.4 is 4.74 Å². The van der Waals surface area contributed by atoms with Gasteiger partial charge in [0.15, 0.2) is 0 Å². The van der Waals surface area contributed by atoms with Gasteiger partial charge in [-0.15, -0.1) is 0 Å². The first kappa shape index (κ1) is 26.3. The van der Waals surface area contributed by atoms with Gasteiger partial charge in [-0.3, -0.25) is 0 Å². The smallest absolute Gasteiger partial charge is 0.345 e. The Hall–Kier alpha value is -2.30. The molecule has 3 rings (SSSR count). The van der Waals surface area contributed by atoms with Crippen molar-refractivity contribution in [2.24, 2.45) is 17.8 Å². The second-order valence-corrected chi connectivity index (χ2v) is 10.2. The SMILES string of the molecule is C=C(C(=O)O)C(=O)OCCOc1ccc(C2CCC(C3CCC(CCCCC)CC3)CC2)cc1. The number of carbonyl (C=O) groups is 2. The molecule has 0 atom stereocenters. The standard InChI is InChI=1S/C29H42O5/c1-3-4-5-6-22-7-9-23(10-8-22)24-11-13-25(14-12-24)26-15-17-27(18-16-26)33-19-20-34-29(32)21(2)28(30)31/h15-18,22-25H,2-14,19-20H2,1H3,(H,30,31). The number of hydrogen-bond donors (Lipinski definition) is 1. The summed E-state index contributed by atoms with van der Waals surface area (Å²) < 4.78 is 10.5. The van der Waals surface area contributed by atoms with Gasteiger partial charge in [-0.2, -0.15) is 0 Å². The van der Waals surface area contributed by atoms with Crippen molar-refractivity contribution in [2.75, 3.05) is 13.2 Å². The average Bonchev–Trinajstić information content (AvgIpc) is 2.87. The Bertz CT molecular complexity index is 783. The molecule has 0 aromatic heterocycles. The van der Waals surface area contributed by atoms with Crippen LogP contribution in [0.2, 0.25) is 0 Å². The zero-order chi connectivity index (χ0) is 24.3. The first-order chi connectivity index (χ1) is 16.5. The molecule has 0 amide bonds. The highest BCUT2D eigenvalue weighted by Crippen LogP contribution is 2.44. The van der Waals surface area contributed by atoms with Crippen LogP contribution in [0, 0.1) is 17.8 Å². The fourth-order valence-electron chi connectivity index (χ4n) is 5.86. The molecule has 0 unspecified atom stereocenters. The molecular weight excluding hydrogens is 428 g/mol. The molecule has 5 nitrogen and oxygen atoms in total. The Morgan fingerprint density at radius 2 is 1.53 bits per heavy atom. The maximum atomic E-state index is 11.4. The summed E-state index contributed by atoms with van der Waals surface area (Å²) in [7, 11) is 0. The quantitative estimate of drug-likeness (QED) is 0.118. The molecule has 1 aromatic carbocycles. The molecule has 2 fully saturated rings. The van der Waals surface area contributed by atoms with Gasteiger partial charge in [0.25, 0.3) is 0 Å². The van der Waals surface area contributed by atoms with E-state index in [1.54, 1.807) is 0 Å². The molecule has 0 heterocycles. The molecule has 188 valence electrons. The van der Waals surface area contributed by atoms with Gasteiger partial charge in [0.05, 0.1) is 0 Å². The van der Waals surface area contributed by atoms with Gasteiger partial charge >= 0.3 is 11.9 Å². The minimum absolute atomic E-state index is 0.0163. The molecule has 1 N–H and O–H groups in total. The van der Waals surface area contributed by atoms with E-state index in [-0.39, 0.29) is 13.2 Å². The number of carboxylic acids is 1. The number of ether oxygens (including phenoxy) is 2. The third kappa shape index (κ3) is 7.89. The monoisotopic (exact) mass is 470 g/mol. The molecule has 0 spiro atoms. The largest absolute Gasteiger partial charge is 0.490 e. The number of unbranched alkanes of at least 4 members (excludes halogenated alkanes) is 2. The third-order valence-electron chi connectivity index (χ3n) is 7.99. The van der Waals surface area contributed by atoms with E-state index >= 15 is 0 Å². The summed E-state index contributed by atoms with van der Waals surface area (Å²) in [5, 5.41) is 8.71. The molecule has 1 aromatic rings. The molecule has 34 heavy (non-hydrogen) atoms. The summed E-state index contributed by atoms with van der Waals surface area (Å²) in [4.78, 5) is 22.1. The summed E-state index contributed by atoms with van der Waals surface area (Å²) >= 11 is 0. The van der Waals surface area contributed by atoms with E-state index in [0.717, 1.165) is 23.5 Å². The van der Waals surface area contributed by atoms with E-state index in [1.807, 2.05) is 12.1 Å². The van der Waals surface area contributed by atoms with Crippen molar-refractivity contribution < 1.29 is 24.2 Å². The van der Waals surface area contributed by atoms with Crippen LogP contribution in [-0.4, -0.2) is 30.3 Å². The minimum atomic E-state index is -1.37. The summed E-state index contributed by atoms with van der Waals surface area (Å²) in [6.07, 6.45) is 16.7. The van der Waals surface area contributed by atoms with Crippen LogP contribution in [0.4, 0.5) is 0 Å². The molecule has 0 saturated heterocycles. The summed E-state index contributed by atoms with van der Waals surface area (Å²) in [5.41, 5.74) is 0.809. The lowest BCUT2D eigenvalue weighted by Gasteiger charge is -2.38. The van der Waals surface area contributed by atoms with E-state index < -0.39 is 17.5 Å². The maximum Gasteiger partial charge on any atom is 0.345 e. The first-order valence-electron chi connectivity index (χ1n) is 13.3. The number of hydrogen-bond acceptors (Lipinski definition) is 4. The molecule has 5 heteroatoms. The molecular formula is C29H42O5. The topological polar surface area (TPSA) is 72.8 Å². The van der Waals surface area contributed by atoms with Crippen LogP contribution in [0.5, 0.6) is 5.75 Å². The number of benzene rings is 1. The van der Waals surface area contributed by atoms with E-state index in [1.165, 1.54) is 82.6 Å². The van der Waals surface area contributed by atoms with E-state index in [9.17, 15) is 9.59 Å². The fourth-order valence-corrected chi connectivity index (χ4v) is 5.86. The Kier molecular flexibility index (Phi) is 10.5. The van der Waals surface area contributed by atoms with Gasteiger partial charge in [0.2, 0.25) is 0 Å². The number of carbonyl (C=O) groups excluding carboxylic acids is 1. The second kappa shape index (κ2) is 13.6. The molecule has 2 saturated carbocycles. The predicted octanol–water partition coefficient (Wildman–Crippen LogP) is 6.91. The number of carboxylic acid groups (broad SMARTS) is 1. The fraction of sp³-hybridized carbons (Fsp3) is 0.655. The summed E-state index contributed by atoms with van der Waals surface area (Å²) in [6.45, 7) is 5.62. The van der Waals surface area contributed by atoms with Crippen molar-refractivity contribution in [3.63, 3.8) is 0 Å². The predicted molar refractivity (Wildman–Crippen MR) is 134 cm³/mol. The van der Waals surface area contributed by atoms with Gasteiger partial charge in [-0.05, 0) is 79.9 Å². The minimum Gasteiger partial charge on any atom is -0.490 e. The zero-order valence-corrected chi connectivity index (χ0v) is 20.8. The Balaban J connectivity index is 1.34. The lowest BCUT2D eigenvalue weighted by atomic mass is 9.68. The Labute approximate surface area is 204 Å². The van der Waals surface area contributed by atoms with E-state index in [0.29, 0.717) is 5.92 Å². The summed E-state index contributed by atoms with van der Waals surface area (Å²) in [6, 6.07) is 8.25. The summed E-state index contributed by atoms with van der Waals surface area (Å²) in [5.74, 6) is 1.94. The van der Waals surface area contributed by atoms with Crippen LogP contribution in [0.25, 0.3) is 0 Å². The van der Waals surface area contributed by atoms with Crippen LogP contribution in [-0.2, 0) is 14.3 Å². The van der Waals surface area contributed by atoms with Crippen LogP contribution in [0.15, 0.2) is 36.4 Å². The van der Waals surface area contributed by atoms with Crippen molar-refractivity contribution >= 4 is 11.9 Å². The number of aliphatic carboxylic acids is 1. The Morgan fingerprint density at radius 3 is 2.12 bits per heavy atom. The van der Waals surface area contributed by atoms with Gasteiger partial charge in [-0.25, -0.2) is 9.59 Å². The second-order valence-electron chi connectivity index (χ2n) is 10.2. The van der Waals surface area contributed by atoms with E-state index in [4.69, 9.17) is 14.6 Å². The lowest BCUT2D eigenvalue weighted by Crippen LogP contribution is -2.25. The van der Waals surface area contributed by atoms with Crippen LogP contribution in [0.3, 0.4) is 0 Å². The number of esters is 1. The maximum absolute atomic E-state index is 11.4. The molecule has 0 bridgehead atoms. The van der Waals surface area contributed by atoms with Crippen LogP contribution in [0.1, 0.15) is 95.5 Å². The Morgan fingerprint density at radius 1 is 0.912 bits per heavy atom. The average molecular weight is 471 g/mol. The van der Waals surface area contributed by atoms with Gasteiger partial charge in [0.1, 0.15) is 24.5 Å². The van der Waals surface area contributed by atoms with E-state index in [2.05, 4.69) is 25.6 Å². The van der Waals surface area contributed by atoms with Crippen molar-refractivity contribution in [1.29, 1.82) is 0 Å². The van der Waals surface area contributed by atoms with Crippen molar-refractivity contribution in [1.82, 2.24) is 0 Å². The zero-order valence-electron chi connectivity index (χ0n) is 20.8. The molecule has 2 aliphatic carbocycles. The highest BCUT2D eigenvalue weighted by atomic mass is 16.6. The third-order valence-corrected chi connectivity index (χ3v) is 7.99. The lowest BCUT2D eigenvalue weighted by molar-refractivity contribution is -0.144. The highest BCUT2D eigenvalue weighted by molar-refractivity contribution is 6.12. The van der Waals surface area contributed by atoms with Crippen molar-refractivity contribution in [3.8, 4) is 5.75 Å². The number of rotatable bonds is 12. The molecule has 2 aliphatic rings. The molecule has 0 aliphatic heterocycles. The van der Waals surface area contributed by atoms with Gasteiger partial charge < -0.3 is 14.6 Å². The van der Waals surface area contributed by atoms with Gasteiger partial charge in [0, 0.05) is 0 Å². The molecule has 0 radical (unpaired) electrons. The first-order valence-corrected chi connectivity index (χ1v) is 13.3. The van der Waals surface area contributed by atoms with Crippen molar-refractivity contribution in [2.45, 2.75) is 89.9 Å².